The summed E-state index contributed by atoms with van der Waals surface area (Å²) in [5.41, 5.74) is 3.70. The Bertz CT molecular complexity index is 1530. The molecule has 0 N–H and O–H groups in total. The number of carbonyl (C=O) groups is 2. The summed E-state index contributed by atoms with van der Waals surface area (Å²) in [6.45, 7) is 1.61. The molecule has 192 valence electrons. The second-order valence-corrected chi connectivity index (χ2v) is 10.5. The number of hydrogen-bond acceptors (Lipinski definition) is 5. The standard InChI is InChI=1S/C31H26BrNO5/c32-23-10-6-21(7-11-23)30(35)31-29(25-17-22-5-4-16-36-26(22)18-27(25)38-31)20-8-12-24(13-9-20)37-19-28(34)33-14-2-1-3-15-33/h4,6-13,16-18H,1-3,5,14-15,19H2. The number of ketones is 1. The van der Waals surface area contributed by atoms with Gasteiger partial charge in [-0.25, -0.2) is 0 Å². The van der Waals surface area contributed by atoms with Gasteiger partial charge >= 0.3 is 0 Å². The minimum atomic E-state index is -0.201. The number of ether oxygens (including phenoxy) is 2. The van der Waals surface area contributed by atoms with Crippen LogP contribution in [0.25, 0.3) is 22.1 Å². The number of fused-ring (bicyclic) bond motifs is 2. The number of amides is 1. The lowest BCUT2D eigenvalue weighted by atomic mass is 9.96. The molecule has 1 fully saturated rings. The van der Waals surface area contributed by atoms with E-state index in [1.165, 1.54) is 6.42 Å². The molecule has 2 aliphatic rings. The summed E-state index contributed by atoms with van der Waals surface area (Å²) in [6, 6.07) is 18.6. The fourth-order valence-corrected chi connectivity index (χ4v) is 5.28. The van der Waals surface area contributed by atoms with Gasteiger partial charge in [-0.2, -0.15) is 0 Å². The summed E-state index contributed by atoms with van der Waals surface area (Å²) in [5, 5.41) is 0.844. The number of furan rings is 1. The molecular formula is C31H26BrNO5. The second-order valence-electron chi connectivity index (χ2n) is 9.55. The van der Waals surface area contributed by atoms with E-state index in [1.807, 2.05) is 59.5 Å². The maximum atomic E-state index is 13.6. The maximum absolute atomic E-state index is 13.6. The van der Waals surface area contributed by atoms with Crippen molar-refractivity contribution in [2.45, 2.75) is 25.7 Å². The van der Waals surface area contributed by atoms with Crippen LogP contribution in [0.2, 0.25) is 0 Å². The Labute approximate surface area is 229 Å². The van der Waals surface area contributed by atoms with E-state index in [2.05, 4.69) is 15.9 Å². The first-order valence-electron chi connectivity index (χ1n) is 12.8. The van der Waals surface area contributed by atoms with Crippen molar-refractivity contribution in [2.24, 2.45) is 0 Å². The van der Waals surface area contributed by atoms with Crippen molar-refractivity contribution in [1.82, 2.24) is 4.90 Å². The Balaban J connectivity index is 1.33. The third kappa shape index (κ3) is 4.86. The molecule has 0 radical (unpaired) electrons. The van der Waals surface area contributed by atoms with Crippen LogP contribution in [-0.4, -0.2) is 36.3 Å². The average Bonchev–Trinajstić information content (AvgIpc) is 3.33. The molecule has 6 rings (SSSR count). The first-order chi connectivity index (χ1) is 18.6. The molecule has 1 aromatic heterocycles. The van der Waals surface area contributed by atoms with E-state index in [9.17, 15) is 9.59 Å². The molecular weight excluding hydrogens is 546 g/mol. The maximum Gasteiger partial charge on any atom is 0.260 e. The third-order valence-corrected chi connectivity index (χ3v) is 7.56. The number of allylic oxidation sites excluding steroid dienone is 1. The van der Waals surface area contributed by atoms with Crippen LogP contribution in [0.4, 0.5) is 0 Å². The summed E-state index contributed by atoms with van der Waals surface area (Å²) in [5.74, 6) is 1.41. The van der Waals surface area contributed by atoms with Crippen molar-refractivity contribution in [1.29, 1.82) is 0 Å². The van der Waals surface area contributed by atoms with Gasteiger partial charge in [-0.05, 0) is 85.4 Å². The predicted molar refractivity (Wildman–Crippen MR) is 149 cm³/mol. The van der Waals surface area contributed by atoms with Crippen molar-refractivity contribution in [3.8, 4) is 22.6 Å². The second kappa shape index (κ2) is 10.5. The van der Waals surface area contributed by atoms with Crippen molar-refractivity contribution < 1.29 is 23.5 Å². The highest BCUT2D eigenvalue weighted by Gasteiger charge is 2.25. The van der Waals surface area contributed by atoms with Gasteiger partial charge < -0.3 is 18.8 Å². The van der Waals surface area contributed by atoms with E-state index in [0.29, 0.717) is 16.9 Å². The van der Waals surface area contributed by atoms with E-state index in [0.717, 1.165) is 64.7 Å². The van der Waals surface area contributed by atoms with E-state index in [-0.39, 0.29) is 24.1 Å². The number of benzene rings is 3. The Morgan fingerprint density at radius 2 is 1.71 bits per heavy atom. The first kappa shape index (κ1) is 24.5. The van der Waals surface area contributed by atoms with Crippen LogP contribution in [0.5, 0.6) is 11.5 Å². The quantitative estimate of drug-likeness (QED) is 0.234. The molecule has 3 heterocycles. The molecule has 0 atom stereocenters. The monoisotopic (exact) mass is 571 g/mol. The number of halogens is 1. The van der Waals surface area contributed by atoms with Crippen LogP contribution in [0.3, 0.4) is 0 Å². The number of piperidine rings is 1. The molecule has 3 aromatic carbocycles. The number of rotatable bonds is 6. The molecule has 0 bridgehead atoms. The lowest BCUT2D eigenvalue weighted by Gasteiger charge is -2.26. The van der Waals surface area contributed by atoms with Crippen molar-refractivity contribution in [3.05, 3.63) is 94.4 Å². The zero-order chi connectivity index (χ0) is 26.1. The zero-order valence-corrected chi connectivity index (χ0v) is 22.3. The first-order valence-corrected chi connectivity index (χ1v) is 13.6. The minimum Gasteiger partial charge on any atom is -0.484 e. The summed E-state index contributed by atoms with van der Waals surface area (Å²) in [6.07, 6.45) is 7.63. The van der Waals surface area contributed by atoms with E-state index < -0.39 is 0 Å². The van der Waals surface area contributed by atoms with Gasteiger partial charge in [0, 0.05) is 40.1 Å². The van der Waals surface area contributed by atoms with Gasteiger partial charge in [0.25, 0.3) is 5.91 Å². The fraction of sp³-hybridized carbons (Fsp3) is 0.226. The van der Waals surface area contributed by atoms with Gasteiger partial charge in [-0.15, -0.1) is 0 Å². The predicted octanol–water partition coefficient (Wildman–Crippen LogP) is 6.93. The highest BCUT2D eigenvalue weighted by Crippen LogP contribution is 2.40. The molecule has 1 saturated heterocycles. The Kier molecular flexibility index (Phi) is 6.77. The van der Waals surface area contributed by atoms with Crippen LogP contribution in [-0.2, 0) is 11.2 Å². The molecule has 0 unspecified atom stereocenters. The van der Waals surface area contributed by atoms with E-state index in [1.54, 1.807) is 18.4 Å². The van der Waals surface area contributed by atoms with Crippen LogP contribution < -0.4 is 9.47 Å². The van der Waals surface area contributed by atoms with Gasteiger partial charge in [0.2, 0.25) is 5.78 Å². The number of hydrogen-bond donors (Lipinski definition) is 0. The van der Waals surface area contributed by atoms with E-state index in [4.69, 9.17) is 13.9 Å². The zero-order valence-electron chi connectivity index (χ0n) is 20.7. The summed E-state index contributed by atoms with van der Waals surface area (Å²) in [4.78, 5) is 28.0. The van der Waals surface area contributed by atoms with Gasteiger partial charge in [0.1, 0.15) is 17.1 Å². The van der Waals surface area contributed by atoms with Crippen molar-refractivity contribution in [3.63, 3.8) is 0 Å². The van der Waals surface area contributed by atoms with Crippen LogP contribution in [0, 0.1) is 0 Å². The normalized spacial score (nSPS) is 14.7. The SMILES string of the molecule is O=C(c1ccc(Br)cc1)c1oc2cc3c(cc2c1-c1ccc(OCC(=O)N2CCCCC2)cc1)CC=CO3. The summed E-state index contributed by atoms with van der Waals surface area (Å²) >= 11 is 3.43. The average molecular weight is 572 g/mol. The topological polar surface area (TPSA) is 69.0 Å². The van der Waals surface area contributed by atoms with Crippen LogP contribution >= 0.6 is 15.9 Å². The molecule has 1 amide bonds. The molecule has 0 aliphatic carbocycles. The van der Waals surface area contributed by atoms with Crippen molar-refractivity contribution >= 4 is 38.6 Å². The van der Waals surface area contributed by atoms with Gasteiger partial charge in [-0.3, -0.25) is 9.59 Å². The third-order valence-electron chi connectivity index (χ3n) is 7.03. The van der Waals surface area contributed by atoms with Gasteiger partial charge in [0.05, 0.1) is 6.26 Å². The Hall–Kier alpha value is -3.84. The Morgan fingerprint density at radius 3 is 2.47 bits per heavy atom. The number of nitrogens with zero attached hydrogens (tertiary/aromatic N) is 1. The van der Waals surface area contributed by atoms with Crippen LogP contribution in [0.1, 0.15) is 40.9 Å². The fourth-order valence-electron chi connectivity index (χ4n) is 5.01. The number of likely N-dealkylation sites (tertiary alicyclic amines) is 1. The Morgan fingerprint density at radius 1 is 0.947 bits per heavy atom. The molecule has 2 aliphatic heterocycles. The molecule has 38 heavy (non-hydrogen) atoms. The van der Waals surface area contributed by atoms with Crippen LogP contribution in [0.15, 0.2) is 81.9 Å². The van der Waals surface area contributed by atoms with Gasteiger partial charge in [-0.1, -0.05) is 28.1 Å². The molecule has 7 heteroatoms. The number of carbonyl (C=O) groups excluding carboxylic acids is 2. The highest BCUT2D eigenvalue weighted by molar-refractivity contribution is 9.10. The molecule has 4 aromatic rings. The van der Waals surface area contributed by atoms with E-state index >= 15 is 0 Å². The highest BCUT2D eigenvalue weighted by atomic mass is 79.9. The molecule has 0 spiro atoms. The minimum absolute atomic E-state index is 0.0121. The summed E-state index contributed by atoms with van der Waals surface area (Å²) in [7, 11) is 0. The van der Waals surface area contributed by atoms with Crippen molar-refractivity contribution in [2.75, 3.05) is 19.7 Å². The molecule has 6 nitrogen and oxygen atoms in total. The largest absolute Gasteiger partial charge is 0.484 e. The molecule has 0 saturated carbocycles. The summed E-state index contributed by atoms with van der Waals surface area (Å²) < 4.78 is 18.6. The smallest absolute Gasteiger partial charge is 0.260 e. The lowest BCUT2D eigenvalue weighted by Crippen LogP contribution is -2.38. The van der Waals surface area contributed by atoms with Gasteiger partial charge in [0.15, 0.2) is 12.4 Å². The lowest BCUT2D eigenvalue weighted by molar-refractivity contribution is -0.134.